The van der Waals surface area contributed by atoms with Gasteiger partial charge in [0.05, 0.1) is 6.20 Å². The summed E-state index contributed by atoms with van der Waals surface area (Å²) in [5.74, 6) is 0.703. The summed E-state index contributed by atoms with van der Waals surface area (Å²) in [5.41, 5.74) is 2.98. The van der Waals surface area contributed by atoms with Crippen LogP contribution in [0.5, 0.6) is 0 Å². The molecular formula is C18H26N6O. The zero-order chi connectivity index (χ0) is 18.1. The summed E-state index contributed by atoms with van der Waals surface area (Å²) in [4.78, 5) is 15.9. The smallest absolute Gasteiger partial charge is 0.251 e. The summed E-state index contributed by atoms with van der Waals surface area (Å²) in [6.45, 7) is 1.53. The Morgan fingerprint density at radius 3 is 2.52 bits per heavy atom. The average molecular weight is 342 g/mol. The maximum atomic E-state index is 11.7. The van der Waals surface area contributed by atoms with Crippen molar-refractivity contribution in [3.8, 4) is 0 Å². The van der Waals surface area contributed by atoms with E-state index in [1.54, 1.807) is 18.8 Å². The van der Waals surface area contributed by atoms with Crippen molar-refractivity contribution in [2.24, 2.45) is 12.0 Å². The van der Waals surface area contributed by atoms with E-state index < -0.39 is 0 Å². The molecule has 25 heavy (non-hydrogen) atoms. The third-order valence-corrected chi connectivity index (χ3v) is 3.81. The van der Waals surface area contributed by atoms with Crippen LogP contribution in [-0.2, 0) is 19.9 Å². The number of hydrogen-bond donors (Lipinski definition) is 3. The van der Waals surface area contributed by atoms with Gasteiger partial charge in [0.2, 0.25) is 0 Å². The van der Waals surface area contributed by atoms with Crippen molar-refractivity contribution in [2.75, 3.05) is 27.2 Å². The monoisotopic (exact) mass is 342 g/mol. The van der Waals surface area contributed by atoms with Crippen molar-refractivity contribution >= 4 is 11.9 Å². The number of carbonyl (C=O) groups is 1. The fourth-order valence-corrected chi connectivity index (χ4v) is 2.48. The van der Waals surface area contributed by atoms with Crippen molar-refractivity contribution in [3.05, 3.63) is 53.3 Å². The number of aryl methyl sites for hydroxylation is 1. The van der Waals surface area contributed by atoms with Gasteiger partial charge in [-0.2, -0.15) is 5.10 Å². The van der Waals surface area contributed by atoms with Gasteiger partial charge in [0.15, 0.2) is 5.96 Å². The molecule has 7 heteroatoms. The minimum Gasteiger partial charge on any atom is -0.356 e. The molecule has 0 aliphatic carbocycles. The largest absolute Gasteiger partial charge is 0.356 e. The molecule has 0 saturated carbocycles. The first-order valence-electron chi connectivity index (χ1n) is 8.35. The molecule has 0 aliphatic rings. The third kappa shape index (κ3) is 5.95. The van der Waals surface area contributed by atoms with Crippen LogP contribution in [0.2, 0.25) is 0 Å². The van der Waals surface area contributed by atoms with Crippen LogP contribution in [-0.4, -0.2) is 48.8 Å². The Morgan fingerprint density at radius 1 is 1.20 bits per heavy atom. The number of rotatable bonds is 7. The second-order valence-corrected chi connectivity index (χ2v) is 5.73. The highest BCUT2D eigenvalue weighted by atomic mass is 16.1. The lowest BCUT2D eigenvalue weighted by Gasteiger charge is -2.12. The van der Waals surface area contributed by atoms with E-state index in [0.717, 1.165) is 37.5 Å². The molecule has 134 valence electrons. The summed E-state index contributed by atoms with van der Waals surface area (Å²) in [6, 6.07) is 7.65. The number of carbonyl (C=O) groups excluding carboxylic acids is 1. The summed E-state index contributed by atoms with van der Waals surface area (Å²) < 4.78 is 1.80. The Morgan fingerprint density at radius 2 is 1.92 bits per heavy atom. The predicted octanol–water partition coefficient (Wildman–Crippen LogP) is 0.730. The van der Waals surface area contributed by atoms with Gasteiger partial charge >= 0.3 is 0 Å². The van der Waals surface area contributed by atoms with E-state index in [0.29, 0.717) is 5.56 Å². The third-order valence-electron chi connectivity index (χ3n) is 3.81. The van der Waals surface area contributed by atoms with Crippen LogP contribution >= 0.6 is 0 Å². The van der Waals surface area contributed by atoms with Crippen LogP contribution in [0.25, 0.3) is 0 Å². The van der Waals surface area contributed by atoms with E-state index >= 15 is 0 Å². The summed E-state index contributed by atoms with van der Waals surface area (Å²) in [5, 5.41) is 13.4. The number of guanidine groups is 1. The first kappa shape index (κ1) is 18.5. The van der Waals surface area contributed by atoms with Crippen LogP contribution < -0.4 is 16.0 Å². The Hall–Kier alpha value is -2.83. The molecule has 7 nitrogen and oxygen atoms in total. The number of aliphatic imine (C=N–C) groups is 1. The Labute approximate surface area is 148 Å². The van der Waals surface area contributed by atoms with Crippen molar-refractivity contribution < 1.29 is 4.79 Å². The summed E-state index contributed by atoms with van der Waals surface area (Å²) in [6.07, 6.45) is 5.59. The fourth-order valence-electron chi connectivity index (χ4n) is 2.48. The van der Waals surface area contributed by atoms with Gasteiger partial charge in [-0.05, 0) is 36.1 Å². The number of nitrogens with zero attached hydrogens (tertiary/aromatic N) is 3. The van der Waals surface area contributed by atoms with Gasteiger partial charge in [-0.3, -0.25) is 14.5 Å². The van der Waals surface area contributed by atoms with Gasteiger partial charge in [0.1, 0.15) is 0 Å². The van der Waals surface area contributed by atoms with Crippen molar-refractivity contribution in [1.29, 1.82) is 0 Å². The van der Waals surface area contributed by atoms with Crippen molar-refractivity contribution in [2.45, 2.75) is 12.8 Å². The highest BCUT2D eigenvalue weighted by molar-refractivity contribution is 5.94. The van der Waals surface area contributed by atoms with Crippen molar-refractivity contribution in [1.82, 2.24) is 25.7 Å². The summed E-state index contributed by atoms with van der Waals surface area (Å²) >= 11 is 0. The zero-order valence-electron chi connectivity index (χ0n) is 15.0. The Bertz CT molecular complexity index is 722. The number of aromatic nitrogens is 2. The molecule has 0 bridgehead atoms. The lowest BCUT2D eigenvalue weighted by Crippen LogP contribution is -2.39. The molecular weight excluding hydrogens is 316 g/mol. The number of amides is 1. The molecule has 1 amide bonds. The molecule has 2 aromatic rings. The average Bonchev–Trinajstić information content (AvgIpc) is 3.05. The molecule has 1 aromatic heterocycles. The first-order valence-corrected chi connectivity index (χ1v) is 8.35. The standard InChI is InChI=1S/C18H26N6O/c1-19-17(25)16-6-4-5-14(11-16)7-9-21-18(20-2)22-10-8-15-12-23-24(3)13-15/h4-6,11-13H,7-10H2,1-3H3,(H,19,25)(H2,20,21,22). The predicted molar refractivity (Wildman–Crippen MR) is 99.8 cm³/mol. The van der Waals surface area contributed by atoms with E-state index in [-0.39, 0.29) is 5.91 Å². The van der Waals surface area contributed by atoms with Gasteiger partial charge in [0.25, 0.3) is 5.91 Å². The lowest BCUT2D eigenvalue weighted by molar-refractivity contribution is 0.0963. The molecule has 0 aliphatic heterocycles. The molecule has 0 spiro atoms. The molecule has 0 atom stereocenters. The summed E-state index contributed by atoms with van der Waals surface area (Å²) in [7, 11) is 5.31. The maximum Gasteiger partial charge on any atom is 0.251 e. The van der Waals surface area contributed by atoms with Gasteiger partial charge in [-0.15, -0.1) is 0 Å². The molecule has 1 aromatic carbocycles. The van der Waals surface area contributed by atoms with Gasteiger partial charge in [-0.25, -0.2) is 0 Å². The lowest BCUT2D eigenvalue weighted by atomic mass is 10.1. The van der Waals surface area contributed by atoms with Crippen LogP contribution in [0.4, 0.5) is 0 Å². The van der Waals surface area contributed by atoms with Crippen LogP contribution in [0, 0.1) is 0 Å². The molecule has 0 saturated heterocycles. The van der Waals surface area contributed by atoms with Gasteiger partial charge < -0.3 is 16.0 Å². The molecule has 3 N–H and O–H groups in total. The van der Waals surface area contributed by atoms with Crippen LogP contribution in [0.3, 0.4) is 0 Å². The van der Waals surface area contributed by atoms with E-state index in [9.17, 15) is 4.79 Å². The highest BCUT2D eigenvalue weighted by Gasteiger charge is 2.04. The normalized spacial score (nSPS) is 11.2. The van der Waals surface area contributed by atoms with Crippen molar-refractivity contribution in [3.63, 3.8) is 0 Å². The van der Waals surface area contributed by atoms with E-state index in [4.69, 9.17) is 0 Å². The Balaban J connectivity index is 1.74. The minimum absolute atomic E-state index is 0.0670. The first-order chi connectivity index (χ1) is 12.1. The van der Waals surface area contributed by atoms with Crippen LogP contribution in [0.15, 0.2) is 41.7 Å². The maximum absolute atomic E-state index is 11.7. The molecule has 0 fully saturated rings. The topological polar surface area (TPSA) is 83.3 Å². The Kier molecular flexibility index (Phi) is 7.00. The molecule has 2 rings (SSSR count). The van der Waals surface area contributed by atoms with E-state index in [1.165, 1.54) is 5.56 Å². The minimum atomic E-state index is -0.0670. The van der Waals surface area contributed by atoms with Crippen LogP contribution in [0.1, 0.15) is 21.5 Å². The second kappa shape index (κ2) is 9.46. The van der Waals surface area contributed by atoms with Gasteiger partial charge in [0, 0.05) is 46.0 Å². The molecule has 0 unspecified atom stereocenters. The quantitative estimate of drug-likeness (QED) is 0.512. The van der Waals surface area contributed by atoms with Gasteiger partial charge in [-0.1, -0.05) is 12.1 Å². The number of hydrogen-bond acceptors (Lipinski definition) is 3. The number of nitrogens with one attached hydrogen (secondary N) is 3. The second-order valence-electron chi connectivity index (χ2n) is 5.73. The zero-order valence-corrected chi connectivity index (χ0v) is 15.0. The fraction of sp³-hybridized carbons (Fsp3) is 0.389. The molecule has 1 heterocycles. The number of benzene rings is 1. The SMILES string of the molecule is CN=C(NCCc1cccc(C(=O)NC)c1)NCCc1cnn(C)c1. The van der Waals surface area contributed by atoms with E-state index in [2.05, 4.69) is 26.0 Å². The highest BCUT2D eigenvalue weighted by Crippen LogP contribution is 2.05. The van der Waals surface area contributed by atoms with E-state index in [1.807, 2.05) is 43.7 Å². The molecule has 0 radical (unpaired) electrons.